The molecule has 36 heavy (non-hydrogen) atoms. The first-order valence-corrected chi connectivity index (χ1v) is 11.8. The highest BCUT2D eigenvalue weighted by atomic mass is 19.1. The summed E-state index contributed by atoms with van der Waals surface area (Å²) in [6.45, 7) is 5.80. The maximum Gasteiger partial charge on any atom is 0.343 e. The first kappa shape index (κ1) is 23.9. The quantitative estimate of drug-likeness (QED) is 0.139. The lowest BCUT2D eigenvalue weighted by molar-refractivity contribution is -0.172. The lowest BCUT2D eigenvalue weighted by Crippen LogP contribution is -2.44. The van der Waals surface area contributed by atoms with Crippen LogP contribution >= 0.6 is 0 Å². The van der Waals surface area contributed by atoms with E-state index in [1.165, 1.54) is 4.57 Å². The van der Waals surface area contributed by atoms with E-state index in [-0.39, 0.29) is 43.3 Å². The van der Waals surface area contributed by atoms with Gasteiger partial charge in [-0.25, -0.2) is 14.2 Å². The second kappa shape index (κ2) is 8.70. The molecule has 0 aliphatic carbocycles. The van der Waals surface area contributed by atoms with Crippen LogP contribution in [0.25, 0.3) is 32.7 Å². The van der Waals surface area contributed by atoms with E-state index in [2.05, 4.69) is 15.3 Å². The van der Waals surface area contributed by atoms with Gasteiger partial charge < -0.3 is 19.7 Å². The molecular formula is C25H25FN6O4. The summed E-state index contributed by atoms with van der Waals surface area (Å²) in [7, 11) is 0. The Hall–Kier alpha value is -3.79. The SMILES string of the molecule is CC[C@@]1(O)C(=O)OCc2c1cc1n(c2=O)Cc2c-1nc1c(C(C)NCCN=[N+]=[N-])ccc(C)c1c2F. The van der Waals surface area contributed by atoms with Crippen LogP contribution in [0.5, 0.6) is 0 Å². The van der Waals surface area contributed by atoms with E-state index in [0.717, 1.165) is 5.56 Å². The number of benzene rings is 1. The fraction of sp³-hybridized carbons (Fsp3) is 0.400. The number of hydrogen-bond donors (Lipinski definition) is 2. The Morgan fingerprint density at radius 1 is 1.39 bits per heavy atom. The second-order valence-corrected chi connectivity index (χ2v) is 9.18. The zero-order valence-corrected chi connectivity index (χ0v) is 20.1. The number of azide groups is 1. The van der Waals surface area contributed by atoms with Gasteiger partial charge >= 0.3 is 5.97 Å². The van der Waals surface area contributed by atoms with Gasteiger partial charge in [0.25, 0.3) is 5.56 Å². The van der Waals surface area contributed by atoms with E-state index in [0.29, 0.717) is 40.0 Å². The van der Waals surface area contributed by atoms with E-state index in [4.69, 9.17) is 15.3 Å². The van der Waals surface area contributed by atoms with Crippen LogP contribution in [0.4, 0.5) is 4.39 Å². The number of nitrogens with one attached hydrogen (secondary N) is 1. The molecule has 0 radical (unpaired) electrons. The van der Waals surface area contributed by atoms with Crippen LogP contribution in [0.1, 0.15) is 54.1 Å². The molecule has 5 rings (SSSR count). The molecule has 0 saturated heterocycles. The normalized spacial score (nSPS) is 18.8. The Morgan fingerprint density at radius 2 is 2.17 bits per heavy atom. The molecule has 2 aliphatic heterocycles. The Morgan fingerprint density at radius 3 is 2.89 bits per heavy atom. The van der Waals surface area contributed by atoms with Crippen LogP contribution in [0, 0.1) is 12.7 Å². The summed E-state index contributed by atoms with van der Waals surface area (Å²) in [5, 5.41) is 18.2. The number of rotatable bonds is 6. The van der Waals surface area contributed by atoms with Crippen molar-refractivity contribution >= 4 is 16.9 Å². The van der Waals surface area contributed by atoms with Crippen molar-refractivity contribution in [3.63, 3.8) is 0 Å². The Labute approximate surface area is 205 Å². The summed E-state index contributed by atoms with van der Waals surface area (Å²) in [4.78, 5) is 33.4. The molecule has 4 heterocycles. The van der Waals surface area contributed by atoms with Crippen LogP contribution in [-0.2, 0) is 28.3 Å². The number of carbonyl (C=O) groups excluding carboxylic acids is 1. The van der Waals surface area contributed by atoms with Gasteiger partial charge in [-0.2, -0.15) is 0 Å². The summed E-state index contributed by atoms with van der Waals surface area (Å²) in [5.74, 6) is -1.26. The zero-order chi connectivity index (χ0) is 25.8. The lowest BCUT2D eigenvalue weighted by atomic mass is 9.86. The number of aryl methyl sites for hydroxylation is 1. The molecule has 1 aromatic carbocycles. The highest BCUT2D eigenvalue weighted by Crippen LogP contribution is 2.41. The molecule has 0 saturated carbocycles. The third-order valence-corrected chi connectivity index (χ3v) is 7.21. The molecule has 186 valence electrons. The molecule has 0 spiro atoms. The molecule has 1 unspecified atom stereocenters. The van der Waals surface area contributed by atoms with Crippen LogP contribution in [0.2, 0.25) is 0 Å². The molecule has 0 bridgehead atoms. The van der Waals surface area contributed by atoms with Crippen LogP contribution in [0.3, 0.4) is 0 Å². The summed E-state index contributed by atoms with van der Waals surface area (Å²) >= 11 is 0. The molecule has 2 N–H and O–H groups in total. The number of fused-ring (bicyclic) bond motifs is 5. The number of aromatic nitrogens is 2. The van der Waals surface area contributed by atoms with Gasteiger partial charge in [0.05, 0.1) is 29.0 Å². The Bertz CT molecular complexity index is 1540. The van der Waals surface area contributed by atoms with Crippen LogP contribution in [-0.4, -0.2) is 33.7 Å². The van der Waals surface area contributed by atoms with E-state index in [1.807, 2.05) is 19.1 Å². The minimum Gasteiger partial charge on any atom is -0.458 e. The minimum atomic E-state index is -1.95. The topological polar surface area (TPSA) is 142 Å². The van der Waals surface area contributed by atoms with E-state index < -0.39 is 22.9 Å². The van der Waals surface area contributed by atoms with Crippen LogP contribution in [0.15, 0.2) is 28.1 Å². The number of halogens is 1. The number of carbonyl (C=O) groups is 1. The predicted molar refractivity (Wildman–Crippen MR) is 130 cm³/mol. The van der Waals surface area contributed by atoms with Crippen molar-refractivity contribution in [2.24, 2.45) is 5.11 Å². The number of ether oxygens (including phenoxy) is 1. The molecule has 11 heteroatoms. The van der Waals surface area contributed by atoms with E-state index >= 15 is 4.39 Å². The van der Waals surface area contributed by atoms with Gasteiger partial charge in [-0.15, -0.1) is 0 Å². The minimum absolute atomic E-state index is 0.00626. The molecule has 0 fully saturated rings. The van der Waals surface area contributed by atoms with Crippen molar-refractivity contribution < 1.29 is 19.0 Å². The summed E-state index contributed by atoms with van der Waals surface area (Å²) in [6, 6.07) is 5.06. The van der Waals surface area contributed by atoms with Crippen molar-refractivity contribution in [1.29, 1.82) is 0 Å². The maximum absolute atomic E-state index is 16.0. The number of pyridine rings is 2. The molecule has 2 aromatic heterocycles. The average molecular weight is 493 g/mol. The lowest BCUT2D eigenvalue weighted by Gasteiger charge is -2.31. The molecule has 3 aromatic rings. The first-order chi connectivity index (χ1) is 17.2. The van der Waals surface area contributed by atoms with Gasteiger partial charge in [-0.3, -0.25) is 4.79 Å². The zero-order valence-electron chi connectivity index (χ0n) is 20.1. The molecular weight excluding hydrogens is 467 g/mol. The van der Waals surface area contributed by atoms with Gasteiger partial charge in [0, 0.05) is 40.6 Å². The van der Waals surface area contributed by atoms with Crippen molar-refractivity contribution in [2.75, 3.05) is 13.1 Å². The fourth-order valence-corrected chi connectivity index (χ4v) is 5.14. The highest BCUT2D eigenvalue weighted by Gasteiger charge is 2.45. The van der Waals surface area contributed by atoms with Crippen molar-refractivity contribution in [3.8, 4) is 11.4 Å². The number of aliphatic hydroxyl groups is 1. The van der Waals surface area contributed by atoms with Gasteiger partial charge in [0.15, 0.2) is 5.60 Å². The van der Waals surface area contributed by atoms with Crippen LogP contribution < -0.4 is 10.9 Å². The van der Waals surface area contributed by atoms with Crippen molar-refractivity contribution in [1.82, 2.24) is 14.9 Å². The van der Waals surface area contributed by atoms with Crippen molar-refractivity contribution in [3.05, 3.63) is 72.6 Å². The average Bonchev–Trinajstić information content (AvgIpc) is 3.24. The van der Waals surface area contributed by atoms with Crippen molar-refractivity contribution in [2.45, 2.75) is 52.0 Å². The monoisotopic (exact) mass is 492 g/mol. The Balaban J connectivity index is 1.71. The summed E-state index contributed by atoms with van der Waals surface area (Å²) in [5.41, 5.74) is 9.36. The predicted octanol–water partition coefficient (Wildman–Crippen LogP) is 3.49. The van der Waals surface area contributed by atoms with Gasteiger partial charge in [0.1, 0.15) is 12.4 Å². The first-order valence-electron chi connectivity index (χ1n) is 11.8. The Kier molecular flexibility index (Phi) is 5.78. The maximum atomic E-state index is 16.0. The third kappa shape index (κ3) is 3.39. The van der Waals surface area contributed by atoms with E-state index in [9.17, 15) is 14.7 Å². The largest absolute Gasteiger partial charge is 0.458 e. The highest BCUT2D eigenvalue weighted by molar-refractivity contribution is 5.90. The smallest absolute Gasteiger partial charge is 0.343 e. The number of esters is 1. The molecule has 0 amide bonds. The van der Waals surface area contributed by atoms with E-state index in [1.54, 1.807) is 19.9 Å². The van der Waals surface area contributed by atoms with Gasteiger partial charge in [-0.05, 0) is 43.0 Å². The number of cyclic esters (lactones) is 1. The third-order valence-electron chi connectivity index (χ3n) is 7.21. The molecule has 2 aliphatic rings. The fourth-order valence-electron chi connectivity index (χ4n) is 5.14. The van der Waals surface area contributed by atoms with Gasteiger partial charge in [0.2, 0.25) is 0 Å². The summed E-state index contributed by atoms with van der Waals surface area (Å²) in [6.07, 6.45) is 0.0243. The molecule has 10 nitrogen and oxygen atoms in total. The number of hydrogen-bond acceptors (Lipinski definition) is 7. The standard InChI is InChI=1S/C25H25FN6O4/c1-4-25(35)17-9-18-21-15(10-32(18)23(33)16(17)11-36-24(25)34)20(26)19-12(2)5-6-14(22(19)30-21)13(3)28-7-8-29-31-27/h5-6,9,13,28,35H,4,7-8,10-11H2,1-3H3/t13?,25-/m0/s1. The van der Waals surface area contributed by atoms with Gasteiger partial charge in [-0.1, -0.05) is 24.2 Å². The second-order valence-electron chi connectivity index (χ2n) is 9.18. The molecule has 2 atom stereocenters. The summed E-state index contributed by atoms with van der Waals surface area (Å²) < 4.78 is 22.5. The number of nitrogens with zero attached hydrogens (tertiary/aromatic N) is 5.